The van der Waals surface area contributed by atoms with Gasteiger partial charge in [0.05, 0.1) is 11.8 Å². The van der Waals surface area contributed by atoms with Gasteiger partial charge in [0.25, 0.3) is 0 Å². The second kappa shape index (κ2) is 7.52. The van der Waals surface area contributed by atoms with Crippen LogP contribution < -0.4 is 10.1 Å². The molecule has 0 saturated carbocycles. The van der Waals surface area contributed by atoms with Gasteiger partial charge >= 0.3 is 0 Å². The predicted molar refractivity (Wildman–Crippen MR) is 116 cm³/mol. The Morgan fingerprint density at radius 1 is 0.759 bits per heavy atom. The first-order valence-corrected chi connectivity index (χ1v) is 9.38. The van der Waals surface area contributed by atoms with Gasteiger partial charge in [0.15, 0.2) is 0 Å². The van der Waals surface area contributed by atoms with Crippen LogP contribution in [0.15, 0.2) is 108 Å². The van der Waals surface area contributed by atoms with Crippen molar-refractivity contribution in [1.29, 1.82) is 0 Å². The van der Waals surface area contributed by atoms with Crippen LogP contribution in [0.1, 0.15) is 0 Å². The van der Waals surface area contributed by atoms with Gasteiger partial charge in [0.2, 0.25) is 0 Å². The molecule has 5 aromatic rings. The number of pyridine rings is 1. The maximum Gasteiger partial charge on any atom is 0.133 e. The van der Waals surface area contributed by atoms with Crippen LogP contribution in [0.2, 0.25) is 0 Å². The number of furan rings is 1. The normalized spacial score (nSPS) is 10.8. The third-order valence-electron chi connectivity index (χ3n) is 4.66. The van der Waals surface area contributed by atoms with Crippen molar-refractivity contribution < 1.29 is 9.15 Å². The average molecular weight is 378 g/mol. The van der Waals surface area contributed by atoms with E-state index < -0.39 is 0 Å². The van der Waals surface area contributed by atoms with Crippen LogP contribution in [0.5, 0.6) is 11.5 Å². The average Bonchev–Trinajstić information content (AvgIpc) is 3.31. The van der Waals surface area contributed by atoms with Crippen molar-refractivity contribution in [2.24, 2.45) is 0 Å². The zero-order valence-electron chi connectivity index (χ0n) is 15.6. The van der Waals surface area contributed by atoms with Crippen molar-refractivity contribution in [3.05, 3.63) is 103 Å². The molecule has 29 heavy (non-hydrogen) atoms. The summed E-state index contributed by atoms with van der Waals surface area (Å²) in [5.74, 6) is 2.45. The van der Waals surface area contributed by atoms with Gasteiger partial charge in [0, 0.05) is 28.5 Å². The Bertz CT molecular complexity index is 1230. The molecule has 4 heteroatoms. The smallest absolute Gasteiger partial charge is 0.133 e. The maximum atomic E-state index is 5.86. The van der Waals surface area contributed by atoms with E-state index in [2.05, 4.69) is 16.4 Å². The number of hydrogen-bond donors (Lipinski definition) is 1. The topological polar surface area (TPSA) is 47.3 Å². The lowest BCUT2D eigenvalue weighted by molar-refractivity contribution is 0.483. The van der Waals surface area contributed by atoms with Gasteiger partial charge in [-0.3, -0.25) is 4.98 Å². The van der Waals surface area contributed by atoms with Crippen LogP contribution in [0, 0.1) is 0 Å². The van der Waals surface area contributed by atoms with Gasteiger partial charge < -0.3 is 14.5 Å². The molecule has 0 aliphatic heterocycles. The molecule has 4 nitrogen and oxygen atoms in total. The van der Waals surface area contributed by atoms with Crippen molar-refractivity contribution in [3.8, 4) is 22.8 Å². The summed E-state index contributed by atoms with van der Waals surface area (Å²) in [6, 6.07) is 29.6. The van der Waals surface area contributed by atoms with E-state index in [1.165, 1.54) is 0 Å². The Hall–Kier alpha value is -4.05. The van der Waals surface area contributed by atoms with E-state index in [0.29, 0.717) is 0 Å². The number of nitrogens with zero attached hydrogens (tertiary/aromatic N) is 1. The SMILES string of the molecule is c1ccc(Oc2ccc(Nc3ccnc4cc(-c5ccco5)ccc34)cc2)cc1. The highest BCUT2D eigenvalue weighted by atomic mass is 16.5. The summed E-state index contributed by atoms with van der Waals surface area (Å²) >= 11 is 0. The second-order valence-electron chi connectivity index (χ2n) is 6.63. The number of hydrogen-bond acceptors (Lipinski definition) is 4. The minimum absolute atomic E-state index is 0.796. The zero-order chi connectivity index (χ0) is 19.5. The molecule has 0 spiro atoms. The van der Waals surface area contributed by atoms with Gasteiger partial charge in [-0.2, -0.15) is 0 Å². The molecular formula is C25H18N2O2. The third-order valence-corrected chi connectivity index (χ3v) is 4.66. The third kappa shape index (κ3) is 3.69. The molecular weight excluding hydrogens is 360 g/mol. The highest BCUT2D eigenvalue weighted by Crippen LogP contribution is 2.30. The highest BCUT2D eigenvalue weighted by molar-refractivity contribution is 5.94. The van der Waals surface area contributed by atoms with Crippen molar-refractivity contribution in [1.82, 2.24) is 4.98 Å². The largest absolute Gasteiger partial charge is 0.464 e. The second-order valence-corrected chi connectivity index (χ2v) is 6.63. The monoisotopic (exact) mass is 378 g/mol. The van der Waals surface area contributed by atoms with E-state index in [1.54, 1.807) is 6.26 Å². The van der Waals surface area contributed by atoms with Gasteiger partial charge in [0.1, 0.15) is 17.3 Å². The number of para-hydroxylation sites is 1. The van der Waals surface area contributed by atoms with E-state index >= 15 is 0 Å². The first kappa shape index (κ1) is 17.1. The first-order chi connectivity index (χ1) is 14.3. The van der Waals surface area contributed by atoms with Crippen molar-refractivity contribution >= 4 is 22.3 Å². The molecule has 0 atom stereocenters. The number of anilines is 2. The first-order valence-electron chi connectivity index (χ1n) is 9.38. The van der Waals surface area contributed by atoms with Crippen LogP contribution in [0.4, 0.5) is 11.4 Å². The minimum atomic E-state index is 0.796. The Balaban J connectivity index is 1.38. The van der Waals surface area contributed by atoms with Gasteiger partial charge in [-0.05, 0) is 66.7 Å². The minimum Gasteiger partial charge on any atom is -0.464 e. The lowest BCUT2D eigenvalue weighted by atomic mass is 10.1. The van der Waals surface area contributed by atoms with Crippen LogP contribution in [0.3, 0.4) is 0 Å². The molecule has 1 N–H and O–H groups in total. The molecule has 0 aliphatic rings. The summed E-state index contributed by atoms with van der Waals surface area (Å²) in [6.07, 6.45) is 3.49. The molecule has 2 heterocycles. The molecule has 0 amide bonds. The molecule has 0 unspecified atom stereocenters. The summed E-state index contributed by atoms with van der Waals surface area (Å²) in [7, 11) is 0. The number of benzene rings is 3. The summed E-state index contributed by atoms with van der Waals surface area (Å²) in [4.78, 5) is 4.51. The van der Waals surface area contributed by atoms with Crippen molar-refractivity contribution in [2.75, 3.05) is 5.32 Å². The lowest BCUT2D eigenvalue weighted by Crippen LogP contribution is -1.93. The molecule has 0 bridgehead atoms. The molecule has 3 aromatic carbocycles. The summed E-state index contributed by atoms with van der Waals surface area (Å²) in [5, 5.41) is 4.52. The fourth-order valence-corrected chi connectivity index (χ4v) is 3.24. The zero-order valence-corrected chi connectivity index (χ0v) is 15.6. The number of nitrogens with one attached hydrogen (secondary N) is 1. The fourth-order valence-electron chi connectivity index (χ4n) is 3.24. The van der Waals surface area contributed by atoms with Crippen molar-refractivity contribution in [3.63, 3.8) is 0 Å². The summed E-state index contributed by atoms with van der Waals surface area (Å²) < 4.78 is 11.3. The highest BCUT2D eigenvalue weighted by Gasteiger charge is 2.07. The standard InChI is InChI=1S/C25H18N2O2/c1-2-5-20(6-3-1)29-21-11-9-19(10-12-21)27-23-14-15-26-24-17-18(8-13-22(23)24)25-7-4-16-28-25/h1-17H,(H,26,27). The maximum absolute atomic E-state index is 5.86. The van der Waals surface area contributed by atoms with Crippen LogP contribution in [0.25, 0.3) is 22.2 Å². The molecule has 0 aliphatic carbocycles. The number of aromatic nitrogens is 1. The lowest BCUT2D eigenvalue weighted by Gasteiger charge is -2.11. The van der Waals surface area contributed by atoms with Crippen LogP contribution >= 0.6 is 0 Å². The molecule has 5 rings (SSSR count). The number of rotatable bonds is 5. The molecule has 0 fully saturated rings. The molecule has 0 saturated heterocycles. The Labute approximate surface area is 168 Å². The summed E-state index contributed by atoms with van der Waals surface area (Å²) in [5.41, 5.74) is 3.90. The molecule has 140 valence electrons. The summed E-state index contributed by atoms with van der Waals surface area (Å²) in [6.45, 7) is 0. The van der Waals surface area contributed by atoms with E-state index in [-0.39, 0.29) is 0 Å². The quantitative estimate of drug-likeness (QED) is 0.357. The van der Waals surface area contributed by atoms with E-state index in [1.807, 2.05) is 91.1 Å². The Morgan fingerprint density at radius 3 is 2.38 bits per heavy atom. The molecule has 0 radical (unpaired) electrons. The predicted octanol–water partition coefficient (Wildman–Crippen LogP) is 7.03. The fraction of sp³-hybridized carbons (Fsp3) is 0. The van der Waals surface area contributed by atoms with Gasteiger partial charge in [-0.1, -0.05) is 24.3 Å². The van der Waals surface area contributed by atoms with Crippen molar-refractivity contribution in [2.45, 2.75) is 0 Å². The van der Waals surface area contributed by atoms with E-state index in [0.717, 1.165) is 45.1 Å². The Morgan fingerprint density at radius 2 is 1.59 bits per heavy atom. The number of fused-ring (bicyclic) bond motifs is 1. The van der Waals surface area contributed by atoms with E-state index in [4.69, 9.17) is 9.15 Å². The van der Waals surface area contributed by atoms with Crippen LogP contribution in [-0.4, -0.2) is 4.98 Å². The van der Waals surface area contributed by atoms with Gasteiger partial charge in [-0.25, -0.2) is 0 Å². The number of ether oxygens (including phenoxy) is 1. The van der Waals surface area contributed by atoms with Gasteiger partial charge in [-0.15, -0.1) is 0 Å². The van der Waals surface area contributed by atoms with Crippen LogP contribution in [-0.2, 0) is 0 Å². The Kier molecular flexibility index (Phi) is 4.43. The molecule has 2 aromatic heterocycles. The van der Waals surface area contributed by atoms with E-state index in [9.17, 15) is 0 Å².